The molecule has 2 N–H and O–H groups in total. The Balaban J connectivity index is 0.000000277. The normalized spacial score (nSPS) is 26.0. The number of rotatable bonds is 2. The molecule has 1 aromatic rings. The molecule has 0 aromatic carbocycles. The first kappa shape index (κ1) is 19.4. The molecule has 140 valence electrons. The lowest BCUT2D eigenvalue weighted by molar-refractivity contribution is -0.192. The molecule has 0 radical (unpaired) electrons. The average Bonchev–Trinajstić information content (AvgIpc) is 2.99. The Bertz CT molecular complexity index is 565. The van der Waals surface area contributed by atoms with Crippen molar-refractivity contribution in [3.05, 3.63) is 18.5 Å². The van der Waals surface area contributed by atoms with Crippen LogP contribution in [0.4, 0.5) is 19.1 Å². The van der Waals surface area contributed by atoms with Crippen LogP contribution in [-0.2, 0) is 9.53 Å². The number of carboxylic acid groups (broad SMARTS) is 1. The molecule has 2 unspecified atom stereocenters. The smallest absolute Gasteiger partial charge is 0.475 e. The largest absolute Gasteiger partial charge is 0.490 e. The Morgan fingerprint density at radius 2 is 2.08 bits per heavy atom. The van der Waals surface area contributed by atoms with E-state index in [1.807, 2.05) is 6.07 Å². The van der Waals surface area contributed by atoms with E-state index in [9.17, 15) is 13.2 Å². The minimum Gasteiger partial charge on any atom is -0.475 e. The Labute approximate surface area is 143 Å². The number of nitrogens with one attached hydrogen (secondary N) is 1. The maximum atomic E-state index is 10.6. The van der Waals surface area contributed by atoms with Gasteiger partial charge in [0.15, 0.2) is 0 Å². The van der Waals surface area contributed by atoms with Crippen LogP contribution in [0.15, 0.2) is 18.5 Å². The third-order valence-corrected chi connectivity index (χ3v) is 4.28. The molecule has 0 saturated carbocycles. The zero-order valence-corrected chi connectivity index (χ0v) is 13.8. The topological polar surface area (TPSA) is 87.6 Å². The number of ether oxygens (including phenoxy) is 1. The molecule has 3 rings (SSSR count). The minimum atomic E-state index is -5.08. The van der Waals surface area contributed by atoms with Gasteiger partial charge in [0.05, 0.1) is 18.2 Å². The van der Waals surface area contributed by atoms with Crippen LogP contribution >= 0.6 is 0 Å². The van der Waals surface area contributed by atoms with Crippen LogP contribution in [0.25, 0.3) is 0 Å². The Hall–Kier alpha value is -1.94. The Kier molecular flexibility index (Phi) is 6.17. The van der Waals surface area contributed by atoms with E-state index in [0.717, 1.165) is 32.1 Å². The standard InChI is InChI=1S/C13H20N4O.C2HF3O2/c1-17(12-15-6-3-7-16-12)11-8-13(18-9-11)4-2-5-14-10-13;3-2(4,5)1(6)7/h3,6-7,11,14H,2,4-5,8-10H2,1H3;(H,6,7). The van der Waals surface area contributed by atoms with Gasteiger partial charge >= 0.3 is 12.1 Å². The molecule has 1 spiro atoms. The number of piperidine rings is 1. The van der Waals surface area contributed by atoms with E-state index in [1.165, 1.54) is 12.8 Å². The van der Waals surface area contributed by atoms with Crippen LogP contribution in [-0.4, -0.2) is 65.6 Å². The van der Waals surface area contributed by atoms with Gasteiger partial charge in [-0.25, -0.2) is 14.8 Å². The highest BCUT2D eigenvalue weighted by Gasteiger charge is 2.43. The fourth-order valence-corrected chi connectivity index (χ4v) is 2.94. The first-order chi connectivity index (χ1) is 11.7. The lowest BCUT2D eigenvalue weighted by Gasteiger charge is -2.33. The number of aromatic nitrogens is 2. The number of carbonyl (C=O) groups is 1. The fourth-order valence-electron chi connectivity index (χ4n) is 2.94. The molecule has 1 aromatic heterocycles. The molecule has 2 aliphatic heterocycles. The van der Waals surface area contributed by atoms with Crippen molar-refractivity contribution in [1.29, 1.82) is 0 Å². The van der Waals surface area contributed by atoms with E-state index in [0.29, 0.717) is 6.04 Å². The van der Waals surface area contributed by atoms with Crippen molar-refractivity contribution in [3.8, 4) is 0 Å². The average molecular weight is 362 g/mol. The molecule has 2 saturated heterocycles. The van der Waals surface area contributed by atoms with Crippen molar-refractivity contribution in [2.24, 2.45) is 0 Å². The van der Waals surface area contributed by atoms with Crippen molar-refractivity contribution >= 4 is 11.9 Å². The SMILES string of the molecule is CN(c1ncccn1)C1COC2(CCCNC2)C1.O=C(O)C(F)(F)F. The van der Waals surface area contributed by atoms with E-state index in [-0.39, 0.29) is 5.60 Å². The van der Waals surface area contributed by atoms with Crippen LogP contribution in [0.2, 0.25) is 0 Å². The molecular weight excluding hydrogens is 341 g/mol. The summed E-state index contributed by atoms with van der Waals surface area (Å²) in [5.41, 5.74) is 0.0476. The first-order valence-electron chi connectivity index (χ1n) is 7.88. The van der Waals surface area contributed by atoms with E-state index in [2.05, 4.69) is 27.2 Å². The number of aliphatic carboxylic acids is 1. The number of halogens is 3. The van der Waals surface area contributed by atoms with Gasteiger partial charge in [-0.15, -0.1) is 0 Å². The highest BCUT2D eigenvalue weighted by molar-refractivity contribution is 5.73. The highest BCUT2D eigenvalue weighted by Crippen LogP contribution is 2.34. The fraction of sp³-hybridized carbons (Fsp3) is 0.667. The Morgan fingerprint density at radius 3 is 2.60 bits per heavy atom. The molecule has 2 fully saturated rings. The quantitative estimate of drug-likeness (QED) is 0.823. The maximum absolute atomic E-state index is 10.6. The molecule has 10 heteroatoms. The lowest BCUT2D eigenvalue weighted by Crippen LogP contribution is -2.46. The van der Waals surface area contributed by atoms with E-state index >= 15 is 0 Å². The second-order valence-electron chi connectivity index (χ2n) is 6.09. The first-order valence-corrected chi connectivity index (χ1v) is 7.88. The number of hydrogen-bond acceptors (Lipinski definition) is 6. The van der Waals surface area contributed by atoms with Gasteiger partial charge in [-0.3, -0.25) is 0 Å². The summed E-state index contributed by atoms with van der Waals surface area (Å²) in [6.07, 6.45) is 1.92. The highest BCUT2D eigenvalue weighted by atomic mass is 19.4. The molecule has 2 atom stereocenters. The maximum Gasteiger partial charge on any atom is 0.490 e. The molecule has 0 bridgehead atoms. The Morgan fingerprint density at radius 1 is 1.44 bits per heavy atom. The second-order valence-corrected chi connectivity index (χ2v) is 6.09. The van der Waals surface area contributed by atoms with Gasteiger partial charge in [-0.05, 0) is 25.5 Å². The van der Waals surface area contributed by atoms with E-state index in [1.54, 1.807) is 12.4 Å². The predicted octanol–water partition coefficient (Wildman–Crippen LogP) is 1.46. The second kappa shape index (κ2) is 7.96. The number of alkyl halides is 3. The van der Waals surface area contributed by atoms with Gasteiger partial charge in [0.25, 0.3) is 0 Å². The van der Waals surface area contributed by atoms with Crippen LogP contribution in [0.5, 0.6) is 0 Å². The van der Waals surface area contributed by atoms with Crippen LogP contribution in [0.1, 0.15) is 19.3 Å². The van der Waals surface area contributed by atoms with Crippen molar-refractivity contribution in [3.63, 3.8) is 0 Å². The summed E-state index contributed by atoms with van der Waals surface area (Å²) >= 11 is 0. The summed E-state index contributed by atoms with van der Waals surface area (Å²) in [7, 11) is 2.05. The van der Waals surface area contributed by atoms with E-state index < -0.39 is 12.1 Å². The molecule has 3 heterocycles. The number of nitrogens with zero attached hydrogens (tertiary/aromatic N) is 3. The van der Waals surface area contributed by atoms with Gasteiger partial charge in [0, 0.05) is 32.4 Å². The van der Waals surface area contributed by atoms with Crippen molar-refractivity contribution in [2.75, 3.05) is 31.6 Å². The van der Waals surface area contributed by atoms with Crippen molar-refractivity contribution in [2.45, 2.75) is 37.1 Å². The van der Waals surface area contributed by atoms with Gasteiger partial charge in [0.2, 0.25) is 5.95 Å². The zero-order chi connectivity index (χ0) is 18.5. The molecule has 0 amide bonds. The summed E-state index contributed by atoms with van der Waals surface area (Å²) in [5, 5.41) is 10.6. The van der Waals surface area contributed by atoms with Gasteiger partial charge in [-0.1, -0.05) is 0 Å². The van der Waals surface area contributed by atoms with Crippen LogP contribution in [0.3, 0.4) is 0 Å². The zero-order valence-electron chi connectivity index (χ0n) is 13.8. The van der Waals surface area contributed by atoms with Crippen LogP contribution in [0, 0.1) is 0 Å². The summed E-state index contributed by atoms with van der Waals surface area (Å²) in [4.78, 5) is 19.6. The molecule has 2 aliphatic rings. The number of anilines is 1. The van der Waals surface area contributed by atoms with Gasteiger partial charge in [-0.2, -0.15) is 13.2 Å². The predicted molar refractivity (Wildman–Crippen MR) is 83.3 cm³/mol. The lowest BCUT2D eigenvalue weighted by atomic mass is 9.89. The third kappa shape index (κ3) is 5.27. The molecule has 7 nitrogen and oxygen atoms in total. The minimum absolute atomic E-state index is 0.0476. The number of carboxylic acids is 1. The van der Waals surface area contributed by atoms with Crippen LogP contribution < -0.4 is 10.2 Å². The van der Waals surface area contributed by atoms with Gasteiger partial charge < -0.3 is 20.1 Å². The molecule has 25 heavy (non-hydrogen) atoms. The summed E-state index contributed by atoms with van der Waals surface area (Å²) < 4.78 is 37.8. The molecule has 0 aliphatic carbocycles. The van der Waals surface area contributed by atoms with E-state index in [4.69, 9.17) is 14.6 Å². The molecular formula is C15H21F3N4O3. The summed E-state index contributed by atoms with van der Waals surface area (Å²) in [5.74, 6) is -1.97. The summed E-state index contributed by atoms with van der Waals surface area (Å²) in [6.45, 7) is 2.87. The number of hydrogen-bond donors (Lipinski definition) is 2. The van der Waals surface area contributed by atoms with Gasteiger partial charge in [0.1, 0.15) is 0 Å². The summed E-state index contributed by atoms with van der Waals surface area (Å²) in [6, 6.07) is 2.22. The monoisotopic (exact) mass is 362 g/mol. The van der Waals surface area contributed by atoms with Crippen molar-refractivity contribution in [1.82, 2.24) is 15.3 Å². The third-order valence-electron chi connectivity index (χ3n) is 4.28. The number of likely N-dealkylation sites (N-methyl/N-ethyl adjacent to an activating group) is 1. The van der Waals surface area contributed by atoms with Crippen molar-refractivity contribution < 1.29 is 27.8 Å².